The molecule has 0 bridgehead atoms. The number of sulfonamides is 1. The van der Waals surface area contributed by atoms with Crippen LogP contribution in [0, 0.1) is 0 Å². The average molecular weight is 546 g/mol. The van der Waals surface area contributed by atoms with Crippen LogP contribution in [0.5, 0.6) is 5.88 Å². The highest BCUT2D eigenvalue weighted by Gasteiger charge is 2.45. The molecule has 1 aliphatic heterocycles. The van der Waals surface area contributed by atoms with Gasteiger partial charge in [-0.1, -0.05) is 48.9 Å². The number of nitrogens with one attached hydrogen (secondary N) is 1. The number of halogens is 1. The first-order valence-electron chi connectivity index (χ1n) is 11.8. The molecule has 0 fully saturated rings. The molecule has 10 heteroatoms. The van der Waals surface area contributed by atoms with Crippen LogP contribution in [0.2, 0.25) is 5.02 Å². The molecule has 0 radical (unpaired) electrons. The number of rotatable bonds is 6. The van der Waals surface area contributed by atoms with Gasteiger partial charge in [0.1, 0.15) is 11.7 Å². The Labute approximate surface area is 222 Å². The number of ether oxygens (including phenoxy) is 1. The summed E-state index contributed by atoms with van der Waals surface area (Å²) in [7, 11) is -3.97. The second-order valence-electron chi connectivity index (χ2n) is 9.43. The van der Waals surface area contributed by atoms with Gasteiger partial charge in [0.15, 0.2) is 5.78 Å². The largest absolute Gasteiger partial charge is 0.469 e. The minimum atomic E-state index is -3.97. The van der Waals surface area contributed by atoms with E-state index in [-0.39, 0.29) is 16.6 Å². The van der Waals surface area contributed by atoms with Crippen LogP contribution in [0.25, 0.3) is 0 Å². The first-order chi connectivity index (χ1) is 17.4. The van der Waals surface area contributed by atoms with Crippen LogP contribution in [0.3, 0.4) is 0 Å². The number of Topliss-reactive ketones (excluding diaryl/α,β-unsaturated/α-hetero) is 1. The van der Waals surface area contributed by atoms with Crippen LogP contribution < -0.4 is 15.2 Å². The number of hydrogen-bond acceptors (Lipinski definition) is 7. The van der Waals surface area contributed by atoms with Gasteiger partial charge >= 0.3 is 0 Å². The number of fused-ring (bicyclic) bond motifs is 1. The van der Waals surface area contributed by atoms with Gasteiger partial charge in [0.25, 0.3) is 0 Å². The first kappa shape index (κ1) is 28.7. The fourth-order valence-corrected chi connectivity index (χ4v) is 5.09. The molecule has 0 amide bonds. The second kappa shape index (κ2) is 11.7. The van der Waals surface area contributed by atoms with Crippen molar-refractivity contribution in [3.05, 3.63) is 88.6 Å². The summed E-state index contributed by atoms with van der Waals surface area (Å²) in [6, 6.07) is 16.4. The highest BCUT2D eigenvalue weighted by molar-refractivity contribution is 7.89. The maximum Gasteiger partial charge on any atom is 0.241 e. The van der Waals surface area contributed by atoms with E-state index >= 15 is 0 Å². The van der Waals surface area contributed by atoms with Gasteiger partial charge in [-0.2, -0.15) is 0 Å². The number of nitrogens with two attached hydrogens (primary N) is 1. The zero-order valence-corrected chi connectivity index (χ0v) is 22.8. The monoisotopic (exact) mass is 545 g/mol. The van der Waals surface area contributed by atoms with Crippen molar-refractivity contribution >= 4 is 27.4 Å². The number of aliphatic hydroxyl groups excluding tert-OH is 1. The third-order valence-corrected chi connectivity index (χ3v) is 7.85. The predicted molar refractivity (Wildman–Crippen MR) is 143 cm³/mol. The molecule has 0 aliphatic carbocycles. The standard InChI is InChI=1S/C18H19ClN2O5S.C9H13N/c1-10(22)11-8-14-15(16(23)18(2,3)26-17(14)20-9-11)21-27(24,25)13-6-4-12(19)5-7-13;1-8(7-10)9-5-3-2-4-6-9/h4-9,15-16,21,23H,1-3H3;2-6,8H,7,10H2,1H3/t15-,16+;8-/m10/s1. The Morgan fingerprint density at radius 2 is 1.81 bits per heavy atom. The summed E-state index contributed by atoms with van der Waals surface area (Å²) in [4.78, 5) is 15.8. The zero-order valence-electron chi connectivity index (χ0n) is 21.2. The molecular formula is C27H32ClN3O5S. The molecule has 4 rings (SSSR count). The van der Waals surface area contributed by atoms with E-state index in [0.29, 0.717) is 22.1 Å². The SMILES string of the molecule is CC(=O)c1cnc2c(c1)[C@@H](NS(=O)(=O)c1ccc(Cl)cc1)[C@H](O)C(C)(C)O2.C[C@@H](CN)c1ccccc1. The van der Waals surface area contributed by atoms with Crippen molar-refractivity contribution in [1.29, 1.82) is 0 Å². The summed E-state index contributed by atoms with van der Waals surface area (Å²) in [6.07, 6.45) is 0.149. The topological polar surface area (TPSA) is 132 Å². The summed E-state index contributed by atoms with van der Waals surface area (Å²) >= 11 is 5.82. The zero-order chi connectivity index (χ0) is 27.4. The van der Waals surface area contributed by atoms with Gasteiger partial charge in [-0.15, -0.1) is 0 Å². The Bertz CT molecular complexity index is 1330. The van der Waals surface area contributed by atoms with Crippen LogP contribution in [0.15, 0.2) is 71.8 Å². The quantitative estimate of drug-likeness (QED) is 0.395. The van der Waals surface area contributed by atoms with Crippen LogP contribution in [0.1, 0.15) is 61.1 Å². The van der Waals surface area contributed by atoms with Crippen molar-refractivity contribution in [3.63, 3.8) is 0 Å². The molecule has 2 heterocycles. The van der Waals surface area contributed by atoms with Gasteiger partial charge in [0, 0.05) is 22.3 Å². The van der Waals surface area contributed by atoms with Crippen molar-refractivity contribution < 1.29 is 23.1 Å². The number of nitrogens with zero attached hydrogens (tertiary/aromatic N) is 1. The molecule has 3 aromatic rings. The van der Waals surface area contributed by atoms with Crippen LogP contribution in [0.4, 0.5) is 0 Å². The van der Waals surface area contributed by atoms with Crippen molar-refractivity contribution in [3.8, 4) is 5.88 Å². The molecule has 4 N–H and O–H groups in total. The molecule has 0 spiro atoms. The number of hydrogen-bond donors (Lipinski definition) is 3. The Hall–Kier alpha value is -2.82. The van der Waals surface area contributed by atoms with Crippen LogP contribution >= 0.6 is 11.6 Å². The molecule has 37 heavy (non-hydrogen) atoms. The predicted octanol–water partition coefficient (Wildman–Crippen LogP) is 4.24. The normalized spacial score (nSPS) is 19.0. The van der Waals surface area contributed by atoms with E-state index in [1.165, 1.54) is 49.0 Å². The van der Waals surface area contributed by atoms with Gasteiger partial charge in [-0.05, 0) is 69.1 Å². The van der Waals surface area contributed by atoms with E-state index in [2.05, 4.69) is 28.8 Å². The molecular weight excluding hydrogens is 514 g/mol. The van der Waals surface area contributed by atoms with Crippen molar-refractivity contribution in [2.24, 2.45) is 5.73 Å². The summed E-state index contributed by atoms with van der Waals surface area (Å²) in [5.74, 6) is 0.421. The third-order valence-electron chi connectivity index (χ3n) is 6.14. The van der Waals surface area contributed by atoms with Gasteiger partial charge in [0.05, 0.1) is 10.9 Å². The molecule has 3 atom stereocenters. The molecule has 2 aromatic carbocycles. The number of ketones is 1. The fourth-order valence-electron chi connectivity index (χ4n) is 3.75. The lowest BCUT2D eigenvalue weighted by atomic mass is 9.88. The summed E-state index contributed by atoms with van der Waals surface area (Å²) < 4.78 is 33.8. The van der Waals surface area contributed by atoms with Crippen LogP contribution in [-0.4, -0.2) is 42.5 Å². The third kappa shape index (κ3) is 6.94. The molecule has 1 aliphatic rings. The summed E-state index contributed by atoms with van der Waals surface area (Å²) in [6.45, 7) is 7.50. The highest BCUT2D eigenvalue weighted by atomic mass is 35.5. The molecule has 0 saturated carbocycles. The lowest BCUT2D eigenvalue weighted by molar-refractivity contribution is -0.0632. The number of aliphatic hydroxyl groups is 1. The number of aromatic nitrogens is 1. The second-order valence-corrected chi connectivity index (χ2v) is 11.6. The summed E-state index contributed by atoms with van der Waals surface area (Å²) in [5, 5.41) is 11.1. The van der Waals surface area contributed by atoms with Crippen molar-refractivity contribution in [1.82, 2.24) is 9.71 Å². The molecule has 1 aromatic heterocycles. The fraction of sp³-hybridized carbons (Fsp3) is 0.333. The lowest BCUT2D eigenvalue weighted by Crippen LogP contribution is -2.53. The summed E-state index contributed by atoms with van der Waals surface area (Å²) in [5.41, 5.74) is 6.33. The van der Waals surface area contributed by atoms with Crippen molar-refractivity contribution in [2.45, 2.75) is 56.3 Å². The van der Waals surface area contributed by atoms with Gasteiger partial charge in [-0.3, -0.25) is 4.79 Å². The minimum absolute atomic E-state index is 0.000583. The van der Waals surface area contributed by atoms with E-state index in [0.717, 1.165) is 6.54 Å². The Morgan fingerprint density at radius 3 is 2.38 bits per heavy atom. The highest BCUT2D eigenvalue weighted by Crippen LogP contribution is 2.39. The van der Waals surface area contributed by atoms with Gasteiger partial charge < -0.3 is 15.6 Å². The maximum absolute atomic E-state index is 12.8. The van der Waals surface area contributed by atoms with E-state index < -0.39 is 27.8 Å². The lowest BCUT2D eigenvalue weighted by Gasteiger charge is -2.41. The maximum atomic E-state index is 12.8. The number of carbonyl (C=O) groups is 1. The number of carbonyl (C=O) groups excluding carboxylic acids is 1. The van der Waals surface area contributed by atoms with E-state index in [1.54, 1.807) is 13.8 Å². The Morgan fingerprint density at radius 1 is 1.19 bits per heavy atom. The van der Waals surface area contributed by atoms with E-state index in [1.807, 2.05) is 18.2 Å². The van der Waals surface area contributed by atoms with E-state index in [4.69, 9.17) is 22.1 Å². The first-order valence-corrected chi connectivity index (χ1v) is 13.6. The van der Waals surface area contributed by atoms with E-state index in [9.17, 15) is 18.3 Å². The van der Waals surface area contributed by atoms with Gasteiger partial charge in [-0.25, -0.2) is 18.1 Å². The smallest absolute Gasteiger partial charge is 0.241 e. The Balaban J connectivity index is 0.000000319. The minimum Gasteiger partial charge on any atom is -0.469 e. The molecule has 0 saturated heterocycles. The van der Waals surface area contributed by atoms with Crippen LogP contribution in [-0.2, 0) is 10.0 Å². The number of benzene rings is 2. The molecule has 8 nitrogen and oxygen atoms in total. The molecule has 0 unspecified atom stereocenters. The Kier molecular flexibility index (Phi) is 9.09. The molecule has 198 valence electrons. The number of pyridine rings is 1. The van der Waals surface area contributed by atoms with Gasteiger partial charge in [0.2, 0.25) is 15.9 Å². The average Bonchev–Trinajstić information content (AvgIpc) is 2.87. The van der Waals surface area contributed by atoms with Crippen molar-refractivity contribution in [2.75, 3.05) is 6.54 Å².